The molecule has 2 amide bonds. The first-order valence-electron chi connectivity index (χ1n) is 17.9. The van der Waals surface area contributed by atoms with Gasteiger partial charge in [0, 0.05) is 32.7 Å². The summed E-state index contributed by atoms with van der Waals surface area (Å²) in [7, 11) is 1.19. The number of methoxy groups -OCH3 is 1. The van der Waals surface area contributed by atoms with E-state index < -0.39 is 96.8 Å². The van der Waals surface area contributed by atoms with Crippen LogP contribution in [0.5, 0.6) is 5.75 Å². The van der Waals surface area contributed by atoms with Gasteiger partial charge in [-0.05, 0) is 75.6 Å². The molecule has 1 aliphatic heterocycles. The van der Waals surface area contributed by atoms with Crippen molar-refractivity contribution in [3.8, 4) is 5.75 Å². The second-order valence-electron chi connectivity index (χ2n) is 13.9. The van der Waals surface area contributed by atoms with E-state index in [-0.39, 0.29) is 5.02 Å². The zero-order valence-electron chi connectivity index (χ0n) is 33.2. The zero-order chi connectivity index (χ0) is 41.9. The molecule has 0 bridgehead atoms. The molecule has 17 heteroatoms. The molecule has 1 aliphatic rings. The average molecular weight is 807 g/mol. The summed E-state index contributed by atoms with van der Waals surface area (Å²) in [6.07, 6.45) is -7.42. The maximum atomic E-state index is 13.8. The molecule has 0 radical (unpaired) electrons. The second-order valence-corrected chi connectivity index (χ2v) is 14.3. The van der Waals surface area contributed by atoms with Crippen LogP contribution in [-0.2, 0) is 57.1 Å². The third kappa shape index (κ3) is 13.1. The molecular weight excluding hydrogens is 756 g/mol. The summed E-state index contributed by atoms with van der Waals surface area (Å²) in [5.74, 6) is -3.16. The fourth-order valence-electron chi connectivity index (χ4n) is 6.16. The molecule has 0 spiro atoms. The van der Waals surface area contributed by atoms with Crippen LogP contribution in [0, 0.1) is 0 Å². The molecular formula is C39H51ClN2O14. The number of rotatable bonds is 15. The van der Waals surface area contributed by atoms with Gasteiger partial charge in [0.1, 0.15) is 24.6 Å². The van der Waals surface area contributed by atoms with Gasteiger partial charge in [-0.25, -0.2) is 9.59 Å². The Hall–Kier alpha value is -4.93. The first kappa shape index (κ1) is 45.5. The van der Waals surface area contributed by atoms with Crippen molar-refractivity contribution >= 4 is 47.5 Å². The summed E-state index contributed by atoms with van der Waals surface area (Å²) in [6.45, 7) is 13.4. The Morgan fingerprint density at radius 3 is 1.95 bits per heavy atom. The molecule has 16 nitrogen and oxygen atoms in total. The minimum Gasteiger partial charge on any atom is -0.494 e. The van der Waals surface area contributed by atoms with Crippen molar-refractivity contribution in [2.75, 3.05) is 20.3 Å². The number of hydrogen-bond acceptors (Lipinski definition) is 14. The Bertz CT molecular complexity index is 1710. The topological polar surface area (TPSA) is 200 Å². The molecule has 1 fully saturated rings. The summed E-state index contributed by atoms with van der Waals surface area (Å²) >= 11 is 6.86. The summed E-state index contributed by atoms with van der Waals surface area (Å²) in [6, 6.07) is 8.55. The van der Waals surface area contributed by atoms with E-state index in [0.717, 1.165) is 20.8 Å². The predicted molar refractivity (Wildman–Crippen MR) is 200 cm³/mol. The fourth-order valence-corrected chi connectivity index (χ4v) is 6.38. The van der Waals surface area contributed by atoms with Crippen LogP contribution in [0.3, 0.4) is 0 Å². The molecule has 1 saturated heterocycles. The highest BCUT2D eigenvalue weighted by Crippen LogP contribution is 2.40. The number of carbonyl (C=O) groups is 6. The zero-order valence-corrected chi connectivity index (χ0v) is 33.9. The summed E-state index contributed by atoms with van der Waals surface area (Å²) in [4.78, 5) is 75.7. The number of amides is 2. The lowest BCUT2D eigenvalue weighted by atomic mass is 9.88. The Labute approximate surface area is 331 Å². The van der Waals surface area contributed by atoms with Crippen LogP contribution in [0.1, 0.15) is 91.1 Å². The van der Waals surface area contributed by atoms with E-state index in [2.05, 4.69) is 10.6 Å². The van der Waals surface area contributed by atoms with Crippen molar-refractivity contribution < 1.29 is 66.7 Å². The smallest absolute Gasteiger partial charge is 0.331 e. The van der Waals surface area contributed by atoms with E-state index in [1.54, 1.807) is 64.1 Å². The first-order valence-corrected chi connectivity index (χ1v) is 18.3. The van der Waals surface area contributed by atoms with Crippen molar-refractivity contribution in [2.45, 2.75) is 117 Å². The third-order valence-electron chi connectivity index (χ3n) is 8.20. The molecule has 0 unspecified atom stereocenters. The maximum Gasteiger partial charge on any atom is 0.331 e. The van der Waals surface area contributed by atoms with Crippen molar-refractivity contribution in [1.82, 2.24) is 10.6 Å². The maximum absolute atomic E-state index is 13.8. The fraction of sp³-hybridized carbons (Fsp3) is 0.538. The van der Waals surface area contributed by atoms with Crippen molar-refractivity contribution in [1.29, 1.82) is 0 Å². The van der Waals surface area contributed by atoms with Crippen molar-refractivity contribution in [2.24, 2.45) is 0 Å². The minimum absolute atomic E-state index is 0.188. The van der Waals surface area contributed by atoms with Gasteiger partial charge < -0.3 is 48.5 Å². The molecule has 0 aliphatic carbocycles. The molecule has 2 aromatic carbocycles. The number of hydrogen-bond donors (Lipinski definition) is 2. The number of carbonyl (C=O) groups excluding carboxylic acids is 6. The van der Waals surface area contributed by atoms with Gasteiger partial charge in [-0.1, -0.05) is 29.8 Å². The van der Waals surface area contributed by atoms with Crippen LogP contribution in [0.15, 0.2) is 42.5 Å². The van der Waals surface area contributed by atoms with Gasteiger partial charge >= 0.3 is 35.9 Å². The van der Waals surface area contributed by atoms with E-state index in [9.17, 15) is 28.8 Å². The van der Waals surface area contributed by atoms with E-state index in [0.29, 0.717) is 29.0 Å². The second kappa shape index (κ2) is 20.3. The molecule has 56 heavy (non-hydrogen) atoms. The van der Waals surface area contributed by atoms with E-state index in [1.165, 1.54) is 20.1 Å². The van der Waals surface area contributed by atoms with E-state index in [4.69, 9.17) is 49.5 Å². The van der Waals surface area contributed by atoms with Gasteiger partial charge in [0.2, 0.25) is 0 Å². The molecule has 0 aromatic heterocycles. The Kier molecular flexibility index (Phi) is 16.5. The Balaban J connectivity index is 2.19. The highest BCUT2D eigenvalue weighted by atomic mass is 35.5. The normalized spacial score (nSPS) is 20.9. The molecule has 308 valence electrons. The standard InChI is InChI=1S/C39H51ClN2O14/c1-11-50-27-15-12-25(13-16-27)32(42-38(48)41-31(37(47)49-10)20(2)56-39(7,8)9)28-18-26(14-17-29(28)40)33-35(53-23(5)45)36(54-24(6)46)34(52-22(4)44)30(55-33)19-51-21(3)43/h12-18,20,30-36H,11,19H2,1-10H3,(H2,41,42,48)/t20-,30-,31+,32-,33-,34-,35+,36+/m1/s1. The summed E-state index contributed by atoms with van der Waals surface area (Å²) in [5, 5.41) is 5.75. The minimum atomic E-state index is -1.42. The summed E-state index contributed by atoms with van der Waals surface area (Å²) < 4.78 is 44.9. The molecule has 3 rings (SSSR count). The molecule has 2 N–H and O–H groups in total. The average Bonchev–Trinajstić information content (AvgIpc) is 3.09. The van der Waals surface area contributed by atoms with Crippen LogP contribution < -0.4 is 15.4 Å². The van der Waals surface area contributed by atoms with Crippen molar-refractivity contribution in [3.05, 3.63) is 64.2 Å². The van der Waals surface area contributed by atoms with Crippen LogP contribution in [0.4, 0.5) is 4.79 Å². The number of halogens is 1. The largest absolute Gasteiger partial charge is 0.494 e. The third-order valence-corrected chi connectivity index (χ3v) is 8.55. The predicted octanol–water partition coefficient (Wildman–Crippen LogP) is 4.67. The van der Waals surface area contributed by atoms with E-state index in [1.807, 2.05) is 6.92 Å². The van der Waals surface area contributed by atoms with Crippen LogP contribution >= 0.6 is 11.6 Å². The van der Waals surface area contributed by atoms with Gasteiger partial charge in [0.25, 0.3) is 0 Å². The summed E-state index contributed by atoms with van der Waals surface area (Å²) in [5.41, 5.74) is 0.528. The molecule has 2 aromatic rings. The van der Waals surface area contributed by atoms with Crippen LogP contribution in [-0.4, -0.2) is 98.4 Å². The monoisotopic (exact) mass is 806 g/mol. The highest BCUT2D eigenvalue weighted by Gasteiger charge is 2.52. The molecule has 0 saturated carbocycles. The number of nitrogens with one attached hydrogen (secondary N) is 2. The number of ether oxygens (including phenoxy) is 8. The van der Waals surface area contributed by atoms with Gasteiger partial charge in [-0.3, -0.25) is 19.2 Å². The lowest BCUT2D eigenvalue weighted by Crippen LogP contribution is -2.59. The lowest BCUT2D eigenvalue weighted by Gasteiger charge is -2.44. The Morgan fingerprint density at radius 2 is 1.41 bits per heavy atom. The van der Waals surface area contributed by atoms with Gasteiger partial charge in [0.05, 0.1) is 31.5 Å². The molecule has 1 heterocycles. The number of benzene rings is 2. The van der Waals surface area contributed by atoms with Crippen LogP contribution in [0.2, 0.25) is 5.02 Å². The van der Waals surface area contributed by atoms with Gasteiger partial charge in [-0.2, -0.15) is 0 Å². The number of esters is 5. The van der Waals surface area contributed by atoms with Gasteiger partial charge in [0.15, 0.2) is 24.4 Å². The Morgan fingerprint density at radius 1 is 0.821 bits per heavy atom. The van der Waals surface area contributed by atoms with Crippen molar-refractivity contribution in [3.63, 3.8) is 0 Å². The van der Waals surface area contributed by atoms with E-state index >= 15 is 0 Å². The highest BCUT2D eigenvalue weighted by molar-refractivity contribution is 6.31. The van der Waals surface area contributed by atoms with Gasteiger partial charge in [-0.15, -0.1) is 0 Å². The van der Waals surface area contributed by atoms with Crippen LogP contribution in [0.25, 0.3) is 0 Å². The first-order chi connectivity index (χ1) is 26.2. The SMILES string of the molecule is CCOc1ccc([C@@H](NC(=O)N[C@H](C(=O)OC)[C@@H](C)OC(C)(C)C)c2cc([C@H]3O[C@H](COC(C)=O)[C@@H](OC(C)=O)[C@H](OC(C)=O)[C@H]3OC(C)=O)ccc2Cl)cc1. The number of urea groups is 1. The lowest BCUT2D eigenvalue weighted by molar-refractivity contribution is -0.254. The molecule has 8 atom stereocenters. The quantitative estimate of drug-likeness (QED) is 0.186.